The topological polar surface area (TPSA) is 54.0 Å². The van der Waals surface area contributed by atoms with Crippen LogP contribution in [0.5, 0.6) is 0 Å². The van der Waals surface area contributed by atoms with Crippen molar-refractivity contribution in [3.63, 3.8) is 0 Å². The number of carbonyl (C=O) groups excluding carboxylic acids is 1. The quantitative estimate of drug-likeness (QED) is 0.240. The van der Waals surface area contributed by atoms with Gasteiger partial charge in [-0.05, 0) is 47.5 Å². The van der Waals surface area contributed by atoms with Crippen molar-refractivity contribution in [1.82, 2.24) is 15.8 Å². The Bertz CT molecular complexity index is 1220. The van der Waals surface area contributed by atoms with Crippen molar-refractivity contribution in [3.8, 4) is 0 Å². The first-order valence-corrected chi connectivity index (χ1v) is 11.4. The summed E-state index contributed by atoms with van der Waals surface area (Å²) in [5.74, 6) is 0.589. The highest BCUT2D eigenvalue weighted by molar-refractivity contribution is 9.10. The maximum absolute atomic E-state index is 12.4. The van der Waals surface area contributed by atoms with Gasteiger partial charge in [0.05, 0.1) is 11.2 Å². The molecule has 3 aromatic carbocycles. The number of nitrogens with one attached hydrogen (secondary N) is 2. The molecule has 0 aliphatic carbocycles. The SMILES string of the molecule is C=C(NNC(=O)c1ccc(CSc2cccc3cccnc23)cc1)c1ccc(Br)cc1. The van der Waals surface area contributed by atoms with Crippen molar-refractivity contribution in [1.29, 1.82) is 0 Å². The Balaban J connectivity index is 1.33. The van der Waals surface area contributed by atoms with Gasteiger partial charge in [0, 0.05) is 32.3 Å². The highest BCUT2D eigenvalue weighted by Gasteiger charge is 2.07. The van der Waals surface area contributed by atoms with Crippen molar-refractivity contribution in [2.75, 3.05) is 0 Å². The fraction of sp³-hybridized carbons (Fsp3) is 0.0400. The molecule has 1 amide bonds. The molecule has 0 saturated heterocycles. The maximum Gasteiger partial charge on any atom is 0.269 e. The summed E-state index contributed by atoms with van der Waals surface area (Å²) >= 11 is 5.14. The number of fused-ring (bicyclic) bond motifs is 1. The highest BCUT2D eigenvalue weighted by atomic mass is 79.9. The van der Waals surface area contributed by atoms with E-state index in [0.717, 1.165) is 37.2 Å². The number of rotatable bonds is 7. The molecule has 0 aliphatic heterocycles. The van der Waals surface area contributed by atoms with E-state index in [4.69, 9.17) is 0 Å². The monoisotopic (exact) mass is 489 g/mol. The second-order valence-corrected chi connectivity index (χ2v) is 8.81. The number of hydrogen-bond acceptors (Lipinski definition) is 4. The van der Waals surface area contributed by atoms with E-state index in [2.05, 4.69) is 62.6 Å². The summed E-state index contributed by atoms with van der Waals surface area (Å²) in [7, 11) is 0. The summed E-state index contributed by atoms with van der Waals surface area (Å²) < 4.78 is 0.989. The van der Waals surface area contributed by atoms with E-state index < -0.39 is 0 Å². The van der Waals surface area contributed by atoms with Crippen LogP contribution in [0, 0.1) is 0 Å². The first-order valence-electron chi connectivity index (χ1n) is 9.67. The molecule has 0 atom stereocenters. The number of amides is 1. The van der Waals surface area contributed by atoms with Gasteiger partial charge < -0.3 is 0 Å². The standard InChI is InChI=1S/C25H20BrN3OS/c1-17(19-11-13-22(26)14-12-19)28-29-25(30)21-9-7-18(8-10-21)16-31-23-6-2-4-20-5-3-15-27-24(20)23/h2-15,28H,1,16H2,(H,29,30). The molecule has 0 aliphatic rings. The molecular weight excluding hydrogens is 470 g/mol. The predicted octanol–water partition coefficient (Wildman–Crippen LogP) is 6.19. The Morgan fingerprint density at radius 3 is 2.39 bits per heavy atom. The number of halogens is 1. The predicted molar refractivity (Wildman–Crippen MR) is 132 cm³/mol. The van der Waals surface area contributed by atoms with Gasteiger partial charge in [-0.3, -0.25) is 20.6 Å². The lowest BCUT2D eigenvalue weighted by molar-refractivity contribution is 0.0942. The van der Waals surface area contributed by atoms with Crippen LogP contribution in [-0.2, 0) is 5.75 Å². The molecule has 1 aromatic heterocycles. The zero-order chi connectivity index (χ0) is 21.6. The number of thioether (sulfide) groups is 1. The third-order valence-corrected chi connectivity index (χ3v) is 6.37. The van der Waals surface area contributed by atoms with Crippen molar-refractivity contribution in [3.05, 3.63) is 113 Å². The van der Waals surface area contributed by atoms with Crippen LogP contribution in [0.4, 0.5) is 0 Å². The van der Waals surface area contributed by atoms with Crippen LogP contribution in [0.25, 0.3) is 16.6 Å². The van der Waals surface area contributed by atoms with Crippen LogP contribution in [0.15, 0.2) is 101 Å². The molecule has 0 saturated carbocycles. The van der Waals surface area contributed by atoms with Gasteiger partial charge in [0.15, 0.2) is 0 Å². The number of hydrazine groups is 1. The molecule has 1 heterocycles. The number of aromatic nitrogens is 1. The highest BCUT2D eigenvalue weighted by Crippen LogP contribution is 2.28. The molecule has 4 aromatic rings. The Labute approximate surface area is 193 Å². The largest absolute Gasteiger partial charge is 0.298 e. The summed E-state index contributed by atoms with van der Waals surface area (Å²) in [6.45, 7) is 3.96. The Morgan fingerprint density at radius 1 is 0.903 bits per heavy atom. The van der Waals surface area contributed by atoms with Gasteiger partial charge >= 0.3 is 0 Å². The normalized spacial score (nSPS) is 10.6. The van der Waals surface area contributed by atoms with Gasteiger partial charge in [-0.2, -0.15) is 0 Å². The molecule has 31 heavy (non-hydrogen) atoms. The Kier molecular flexibility index (Phi) is 6.70. The van der Waals surface area contributed by atoms with Crippen LogP contribution in [0.1, 0.15) is 21.5 Å². The average Bonchev–Trinajstić information content (AvgIpc) is 2.81. The number of para-hydroxylation sites is 1. The van der Waals surface area contributed by atoms with E-state index >= 15 is 0 Å². The van der Waals surface area contributed by atoms with Gasteiger partial charge in [-0.15, -0.1) is 11.8 Å². The number of carbonyl (C=O) groups is 1. The number of benzene rings is 3. The summed E-state index contributed by atoms with van der Waals surface area (Å²) in [6.07, 6.45) is 1.82. The second kappa shape index (κ2) is 9.81. The zero-order valence-corrected chi connectivity index (χ0v) is 19.0. The van der Waals surface area contributed by atoms with E-state index in [1.807, 2.05) is 60.8 Å². The third-order valence-electron chi connectivity index (χ3n) is 4.73. The van der Waals surface area contributed by atoms with Gasteiger partial charge in [0.2, 0.25) is 0 Å². The maximum atomic E-state index is 12.4. The van der Waals surface area contributed by atoms with Gasteiger partial charge in [0.1, 0.15) is 0 Å². The summed E-state index contributed by atoms with van der Waals surface area (Å²) in [5.41, 5.74) is 9.83. The molecule has 0 radical (unpaired) electrons. The summed E-state index contributed by atoms with van der Waals surface area (Å²) in [5, 5.41) is 1.14. The lowest BCUT2D eigenvalue weighted by Gasteiger charge is -2.12. The van der Waals surface area contributed by atoms with Gasteiger partial charge in [-0.1, -0.05) is 65.0 Å². The molecule has 4 rings (SSSR count). The van der Waals surface area contributed by atoms with Crippen LogP contribution in [0.3, 0.4) is 0 Å². The molecule has 0 fully saturated rings. The minimum absolute atomic E-state index is 0.212. The molecule has 154 valence electrons. The van der Waals surface area contributed by atoms with Crippen molar-refractivity contribution in [2.45, 2.75) is 10.6 Å². The molecule has 0 spiro atoms. The fourth-order valence-electron chi connectivity index (χ4n) is 3.03. The lowest BCUT2D eigenvalue weighted by Crippen LogP contribution is -2.35. The molecule has 6 heteroatoms. The Hall–Kier alpha value is -3.09. The van der Waals surface area contributed by atoms with E-state index in [1.54, 1.807) is 11.8 Å². The average molecular weight is 490 g/mol. The van der Waals surface area contributed by atoms with Crippen molar-refractivity contribution in [2.24, 2.45) is 0 Å². The van der Waals surface area contributed by atoms with Crippen LogP contribution in [-0.4, -0.2) is 10.9 Å². The fourth-order valence-corrected chi connectivity index (χ4v) is 4.29. The van der Waals surface area contributed by atoms with Crippen molar-refractivity contribution >= 4 is 50.2 Å². The van der Waals surface area contributed by atoms with E-state index in [-0.39, 0.29) is 5.91 Å². The Morgan fingerprint density at radius 2 is 1.61 bits per heavy atom. The number of pyridine rings is 1. The lowest BCUT2D eigenvalue weighted by atomic mass is 10.1. The zero-order valence-electron chi connectivity index (χ0n) is 16.6. The van der Waals surface area contributed by atoms with Crippen LogP contribution >= 0.6 is 27.7 Å². The molecule has 0 unspecified atom stereocenters. The molecule has 4 nitrogen and oxygen atoms in total. The number of nitrogens with zero attached hydrogens (tertiary/aromatic N) is 1. The smallest absolute Gasteiger partial charge is 0.269 e. The van der Waals surface area contributed by atoms with E-state index in [9.17, 15) is 4.79 Å². The number of hydrogen-bond donors (Lipinski definition) is 2. The third kappa shape index (κ3) is 5.34. The summed E-state index contributed by atoms with van der Waals surface area (Å²) in [4.78, 5) is 18.1. The molecule has 2 N–H and O–H groups in total. The van der Waals surface area contributed by atoms with Gasteiger partial charge in [0.25, 0.3) is 5.91 Å². The molecular formula is C25H20BrN3OS. The van der Waals surface area contributed by atoms with Gasteiger partial charge in [-0.25, -0.2) is 0 Å². The van der Waals surface area contributed by atoms with E-state index in [0.29, 0.717) is 11.3 Å². The van der Waals surface area contributed by atoms with Crippen LogP contribution in [0.2, 0.25) is 0 Å². The van der Waals surface area contributed by atoms with Crippen LogP contribution < -0.4 is 10.9 Å². The first kappa shape index (κ1) is 21.2. The minimum Gasteiger partial charge on any atom is -0.298 e. The first-order chi connectivity index (χ1) is 15.1. The van der Waals surface area contributed by atoms with E-state index in [1.165, 1.54) is 0 Å². The van der Waals surface area contributed by atoms with Crippen molar-refractivity contribution < 1.29 is 4.79 Å². The minimum atomic E-state index is -0.212. The summed E-state index contributed by atoms with van der Waals surface area (Å²) in [6, 6.07) is 25.5. The second-order valence-electron chi connectivity index (χ2n) is 6.88. The molecule has 0 bridgehead atoms.